The summed E-state index contributed by atoms with van der Waals surface area (Å²) in [4.78, 5) is 22.3. The van der Waals surface area contributed by atoms with Gasteiger partial charge in [-0.15, -0.1) is 0 Å². The van der Waals surface area contributed by atoms with Gasteiger partial charge >= 0.3 is 5.69 Å². The number of amides is 1. The van der Waals surface area contributed by atoms with E-state index < -0.39 is 4.92 Å². The van der Waals surface area contributed by atoms with Crippen molar-refractivity contribution in [3.63, 3.8) is 0 Å². The predicted octanol–water partition coefficient (Wildman–Crippen LogP) is 0.933. The Morgan fingerprint density at radius 2 is 2.19 bits per heavy atom. The van der Waals surface area contributed by atoms with Crippen molar-refractivity contribution in [1.82, 2.24) is 15.1 Å². The van der Waals surface area contributed by atoms with Crippen LogP contribution in [-0.2, 0) is 11.3 Å². The fraction of sp³-hybridized carbons (Fsp3) is 0.692. The molecular formula is C13H22N4O4. The van der Waals surface area contributed by atoms with Crippen LogP contribution in [0.15, 0.2) is 0 Å². The Morgan fingerprint density at radius 1 is 1.52 bits per heavy atom. The van der Waals surface area contributed by atoms with E-state index in [0.29, 0.717) is 24.4 Å². The molecule has 8 nitrogen and oxygen atoms in total. The standard InChI is InChI=1S/C13H22N4O4/c1-4-11(5-6-18)7-14-12(19)8-16-10(3)13(17(20)21)9(2)15-16/h11,18H,4-8H2,1-3H3,(H,14,19). The van der Waals surface area contributed by atoms with Crippen molar-refractivity contribution in [2.45, 2.75) is 40.2 Å². The molecule has 1 unspecified atom stereocenters. The van der Waals surface area contributed by atoms with Crippen molar-refractivity contribution in [3.05, 3.63) is 21.5 Å². The topological polar surface area (TPSA) is 110 Å². The van der Waals surface area contributed by atoms with E-state index in [1.165, 1.54) is 4.68 Å². The van der Waals surface area contributed by atoms with Gasteiger partial charge in [-0.2, -0.15) is 5.10 Å². The smallest absolute Gasteiger partial charge is 0.312 e. The van der Waals surface area contributed by atoms with Crippen LogP contribution in [0.2, 0.25) is 0 Å². The molecule has 118 valence electrons. The first-order valence-electron chi connectivity index (χ1n) is 6.96. The number of aromatic nitrogens is 2. The zero-order valence-electron chi connectivity index (χ0n) is 12.6. The molecule has 0 radical (unpaired) electrons. The maximum absolute atomic E-state index is 11.9. The number of rotatable bonds is 8. The third kappa shape index (κ3) is 4.52. The molecule has 1 heterocycles. The lowest BCUT2D eigenvalue weighted by Gasteiger charge is -2.14. The first kappa shape index (κ1) is 17.1. The van der Waals surface area contributed by atoms with Gasteiger partial charge in [0, 0.05) is 13.2 Å². The van der Waals surface area contributed by atoms with Gasteiger partial charge in [-0.25, -0.2) is 0 Å². The maximum Gasteiger partial charge on any atom is 0.312 e. The molecule has 1 amide bonds. The monoisotopic (exact) mass is 298 g/mol. The molecule has 21 heavy (non-hydrogen) atoms. The van der Waals surface area contributed by atoms with Gasteiger partial charge < -0.3 is 10.4 Å². The van der Waals surface area contributed by atoms with E-state index in [2.05, 4.69) is 10.4 Å². The van der Waals surface area contributed by atoms with Crippen molar-refractivity contribution >= 4 is 11.6 Å². The predicted molar refractivity (Wildman–Crippen MR) is 76.8 cm³/mol. The van der Waals surface area contributed by atoms with Crippen LogP contribution in [-0.4, -0.2) is 38.9 Å². The Balaban J connectivity index is 2.63. The minimum atomic E-state index is -0.486. The largest absolute Gasteiger partial charge is 0.396 e. The van der Waals surface area contributed by atoms with Gasteiger partial charge in [-0.3, -0.25) is 19.6 Å². The SMILES string of the molecule is CCC(CCO)CNC(=O)Cn1nc(C)c([N+](=O)[O-])c1C. The average molecular weight is 298 g/mol. The third-order valence-corrected chi connectivity index (χ3v) is 3.52. The summed E-state index contributed by atoms with van der Waals surface area (Å²) >= 11 is 0. The van der Waals surface area contributed by atoms with Gasteiger partial charge in [0.2, 0.25) is 5.91 Å². The van der Waals surface area contributed by atoms with Crippen molar-refractivity contribution < 1.29 is 14.8 Å². The van der Waals surface area contributed by atoms with E-state index in [1.54, 1.807) is 13.8 Å². The summed E-state index contributed by atoms with van der Waals surface area (Å²) in [5, 5.41) is 26.6. The molecule has 1 atom stereocenters. The molecule has 1 aromatic rings. The summed E-state index contributed by atoms with van der Waals surface area (Å²) in [5.41, 5.74) is 0.626. The molecule has 8 heteroatoms. The second-order valence-electron chi connectivity index (χ2n) is 5.02. The van der Waals surface area contributed by atoms with Crippen LogP contribution in [0, 0.1) is 29.9 Å². The second kappa shape index (κ2) is 7.72. The number of hydrogen-bond acceptors (Lipinski definition) is 5. The Morgan fingerprint density at radius 3 is 2.67 bits per heavy atom. The number of carbonyl (C=O) groups excluding carboxylic acids is 1. The Hall–Kier alpha value is -1.96. The van der Waals surface area contributed by atoms with Crippen molar-refractivity contribution in [2.75, 3.05) is 13.2 Å². The molecule has 0 aliphatic heterocycles. The highest BCUT2D eigenvalue weighted by Gasteiger charge is 2.22. The van der Waals surface area contributed by atoms with Crippen molar-refractivity contribution in [3.8, 4) is 0 Å². The summed E-state index contributed by atoms with van der Waals surface area (Å²) in [6, 6.07) is 0. The van der Waals surface area contributed by atoms with Gasteiger partial charge in [0.15, 0.2) is 0 Å². The molecule has 0 spiro atoms. The van der Waals surface area contributed by atoms with Crippen LogP contribution in [0.1, 0.15) is 31.2 Å². The molecule has 0 fully saturated rings. The number of nitro groups is 1. The second-order valence-corrected chi connectivity index (χ2v) is 5.02. The molecule has 0 aliphatic rings. The van der Waals surface area contributed by atoms with Crippen LogP contribution in [0.3, 0.4) is 0 Å². The van der Waals surface area contributed by atoms with Gasteiger partial charge in [-0.1, -0.05) is 13.3 Å². The molecule has 0 bridgehead atoms. The van der Waals surface area contributed by atoms with Gasteiger partial charge in [0.25, 0.3) is 0 Å². The number of carbonyl (C=O) groups is 1. The van der Waals surface area contributed by atoms with Crippen molar-refractivity contribution in [2.24, 2.45) is 5.92 Å². The van der Waals surface area contributed by atoms with E-state index >= 15 is 0 Å². The van der Waals surface area contributed by atoms with E-state index in [9.17, 15) is 14.9 Å². The average Bonchev–Trinajstić information content (AvgIpc) is 2.69. The number of aliphatic hydroxyl groups is 1. The quantitative estimate of drug-likeness (QED) is 0.548. The summed E-state index contributed by atoms with van der Waals surface area (Å²) in [5.74, 6) is -0.0133. The summed E-state index contributed by atoms with van der Waals surface area (Å²) in [7, 11) is 0. The fourth-order valence-corrected chi connectivity index (χ4v) is 2.19. The lowest BCUT2D eigenvalue weighted by Crippen LogP contribution is -2.32. The van der Waals surface area contributed by atoms with E-state index in [1.807, 2.05) is 6.92 Å². The molecular weight excluding hydrogens is 276 g/mol. The minimum Gasteiger partial charge on any atom is -0.396 e. The lowest BCUT2D eigenvalue weighted by molar-refractivity contribution is -0.386. The maximum atomic E-state index is 11.9. The van der Waals surface area contributed by atoms with E-state index in [-0.39, 0.29) is 30.7 Å². The molecule has 0 saturated heterocycles. The van der Waals surface area contributed by atoms with Crippen LogP contribution in [0.25, 0.3) is 0 Å². The number of aliphatic hydroxyl groups excluding tert-OH is 1. The summed E-state index contributed by atoms with van der Waals surface area (Å²) < 4.78 is 1.34. The first-order valence-corrected chi connectivity index (χ1v) is 6.96. The van der Waals surface area contributed by atoms with Gasteiger partial charge in [0.05, 0.1) is 4.92 Å². The zero-order valence-corrected chi connectivity index (χ0v) is 12.6. The zero-order chi connectivity index (χ0) is 16.0. The normalized spacial score (nSPS) is 12.2. The van der Waals surface area contributed by atoms with Crippen LogP contribution < -0.4 is 5.32 Å². The molecule has 0 aromatic carbocycles. The molecule has 0 saturated carbocycles. The number of aryl methyl sites for hydroxylation is 1. The molecule has 0 aliphatic carbocycles. The first-order chi connectivity index (χ1) is 9.90. The number of nitrogens with zero attached hydrogens (tertiary/aromatic N) is 3. The van der Waals surface area contributed by atoms with Gasteiger partial charge in [0.1, 0.15) is 17.9 Å². The summed E-state index contributed by atoms with van der Waals surface area (Å²) in [6.45, 7) is 5.65. The number of nitrogens with one attached hydrogen (secondary N) is 1. The number of hydrogen-bond donors (Lipinski definition) is 2. The van der Waals surface area contributed by atoms with Crippen LogP contribution in [0.5, 0.6) is 0 Å². The highest BCUT2D eigenvalue weighted by Crippen LogP contribution is 2.21. The van der Waals surface area contributed by atoms with Crippen molar-refractivity contribution in [1.29, 1.82) is 0 Å². The van der Waals surface area contributed by atoms with Gasteiger partial charge in [-0.05, 0) is 26.2 Å². The van der Waals surface area contributed by atoms with E-state index in [0.717, 1.165) is 6.42 Å². The molecule has 1 rings (SSSR count). The highest BCUT2D eigenvalue weighted by atomic mass is 16.6. The third-order valence-electron chi connectivity index (χ3n) is 3.52. The van der Waals surface area contributed by atoms with E-state index in [4.69, 9.17) is 5.11 Å². The summed E-state index contributed by atoms with van der Waals surface area (Å²) in [6.07, 6.45) is 1.51. The molecule has 2 N–H and O–H groups in total. The van der Waals surface area contributed by atoms with Crippen LogP contribution >= 0.6 is 0 Å². The Kier molecular flexibility index (Phi) is 6.29. The molecule has 1 aromatic heterocycles. The van der Waals surface area contributed by atoms with Crippen LogP contribution in [0.4, 0.5) is 5.69 Å². The minimum absolute atomic E-state index is 0.0456. The lowest BCUT2D eigenvalue weighted by atomic mass is 10.0. The highest BCUT2D eigenvalue weighted by molar-refractivity contribution is 5.75. The Labute approximate surface area is 123 Å². The Bertz CT molecular complexity index is 513. The fourth-order valence-electron chi connectivity index (χ4n) is 2.19.